The van der Waals surface area contributed by atoms with Crippen LogP contribution in [0.5, 0.6) is 0 Å². The molecule has 17 heavy (non-hydrogen) atoms. The molecule has 0 aliphatic heterocycles. The fourth-order valence-corrected chi connectivity index (χ4v) is 1.94. The molecule has 0 atom stereocenters. The van der Waals surface area contributed by atoms with E-state index >= 15 is 0 Å². The normalized spacial score (nSPS) is 9.94. The Kier molecular flexibility index (Phi) is 18.6. The molecule has 0 aliphatic carbocycles. The molecular formula is C14H28O2Ti. The summed E-state index contributed by atoms with van der Waals surface area (Å²) in [5.74, 6) is -0.657. The number of carboxylic acids is 1. The minimum Gasteiger partial charge on any atom is -0.481 e. The summed E-state index contributed by atoms with van der Waals surface area (Å²) < 4.78 is 0. The first-order valence-corrected chi connectivity index (χ1v) is 6.99. The van der Waals surface area contributed by atoms with Crippen molar-refractivity contribution < 1.29 is 31.6 Å². The average molecular weight is 276 g/mol. The van der Waals surface area contributed by atoms with Crippen molar-refractivity contribution in [2.45, 2.75) is 84.0 Å². The molecule has 2 nitrogen and oxygen atoms in total. The fraction of sp³-hybridized carbons (Fsp3) is 0.929. The van der Waals surface area contributed by atoms with Gasteiger partial charge in [-0.3, -0.25) is 4.79 Å². The van der Waals surface area contributed by atoms with Gasteiger partial charge in [0.2, 0.25) is 0 Å². The first-order valence-electron chi connectivity index (χ1n) is 6.99. The Morgan fingerprint density at radius 3 is 1.47 bits per heavy atom. The van der Waals surface area contributed by atoms with Crippen LogP contribution in [0.4, 0.5) is 0 Å². The predicted octanol–water partition coefficient (Wildman–Crippen LogP) is 4.77. The maximum absolute atomic E-state index is 10.3. The maximum atomic E-state index is 10.3. The monoisotopic (exact) mass is 276 g/mol. The summed E-state index contributed by atoms with van der Waals surface area (Å²) in [6, 6.07) is 0. The average Bonchev–Trinajstić information content (AvgIpc) is 2.25. The molecule has 0 amide bonds. The van der Waals surface area contributed by atoms with E-state index in [2.05, 4.69) is 6.92 Å². The SMILES string of the molecule is CCCCCCCCCCCCCC(=O)O.[Ti]. The number of carboxylic acid groups (broad SMARTS) is 1. The van der Waals surface area contributed by atoms with Gasteiger partial charge in [-0.2, -0.15) is 0 Å². The molecule has 0 saturated heterocycles. The molecule has 1 N–H and O–H groups in total. The van der Waals surface area contributed by atoms with Gasteiger partial charge in [-0.25, -0.2) is 0 Å². The van der Waals surface area contributed by atoms with E-state index in [0.717, 1.165) is 12.8 Å². The van der Waals surface area contributed by atoms with E-state index in [0.29, 0.717) is 6.42 Å². The van der Waals surface area contributed by atoms with Gasteiger partial charge in [0.05, 0.1) is 0 Å². The van der Waals surface area contributed by atoms with E-state index in [4.69, 9.17) is 5.11 Å². The topological polar surface area (TPSA) is 37.3 Å². The Morgan fingerprint density at radius 2 is 1.12 bits per heavy atom. The summed E-state index contributed by atoms with van der Waals surface area (Å²) in [5, 5.41) is 8.46. The van der Waals surface area contributed by atoms with Gasteiger partial charge in [-0.05, 0) is 6.42 Å². The number of rotatable bonds is 12. The fourth-order valence-electron chi connectivity index (χ4n) is 1.94. The summed E-state index contributed by atoms with van der Waals surface area (Å²) in [7, 11) is 0. The zero-order valence-corrected chi connectivity index (χ0v) is 12.9. The van der Waals surface area contributed by atoms with E-state index in [9.17, 15) is 4.79 Å². The summed E-state index contributed by atoms with van der Waals surface area (Å²) in [6.07, 6.45) is 14.4. The quantitative estimate of drug-likeness (QED) is 0.412. The number of hydrogen-bond donors (Lipinski definition) is 1. The first-order chi connectivity index (χ1) is 7.77. The van der Waals surface area contributed by atoms with Crippen LogP contribution >= 0.6 is 0 Å². The standard InChI is InChI=1S/C14H28O2.Ti/c1-2-3-4-5-6-7-8-9-10-11-12-13-14(15)16;/h2-13H2,1H3,(H,15,16);. The van der Waals surface area contributed by atoms with E-state index in [1.54, 1.807) is 0 Å². The van der Waals surface area contributed by atoms with Crippen molar-refractivity contribution in [2.24, 2.45) is 0 Å². The molecular weight excluding hydrogens is 248 g/mol. The second-order valence-electron chi connectivity index (χ2n) is 4.68. The van der Waals surface area contributed by atoms with Crippen LogP contribution in [0, 0.1) is 0 Å². The molecule has 0 aromatic heterocycles. The third-order valence-electron chi connectivity index (χ3n) is 2.99. The van der Waals surface area contributed by atoms with Gasteiger partial charge in [0.15, 0.2) is 0 Å². The zero-order chi connectivity index (χ0) is 12.1. The molecule has 0 aliphatic rings. The van der Waals surface area contributed by atoms with E-state index in [-0.39, 0.29) is 21.7 Å². The van der Waals surface area contributed by atoms with Crippen LogP contribution in [0.15, 0.2) is 0 Å². The molecule has 100 valence electrons. The number of aliphatic carboxylic acids is 1. The maximum Gasteiger partial charge on any atom is 0.303 e. The van der Waals surface area contributed by atoms with Crippen LogP contribution < -0.4 is 0 Å². The molecule has 0 spiro atoms. The van der Waals surface area contributed by atoms with Crippen LogP contribution in [0.1, 0.15) is 84.0 Å². The Labute approximate surface area is 121 Å². The Balaban J connectivity index is 0. The van der Waals surface area contributed by atoms with E-state index < -0.39 is 5.97 Å². The van der Waals surface area contributed by atoms with Crippen LogP contribution in [-0.2, 0) is 26.5 Å². The van der Waals surface area contributed by atoms with Crippen molar-refractivity contribution >= 4 is 5.97 Å². The largest absolute Gasteiger partial charge is 0.481 e. The summed E-state index contributed by atoms with van der Waals surface area (Å²) in [6.45, 7) is 2.25. The Hall–Kier alpha value is 0.184. The molecule has 0 saturated carbocycles. The van der Waals surface area contributed by atoms with Crippen molar-refractivity contribution in [3.05, 3.63) is 0 Å². The second kappa shape index (κ2) is 16.2. The van der Waals surface area contributed by atoms with Gasteiger partial charge in [-0.1, -0.05) is 71.1 Å². The molecule has 3 heteroatoms. The summed E-state index contributed by atoms with van der Waals surface area (Å²) >= 11 is 0. The van der Waals surface area contributed by atoms with Crippen molar-refractivity contribution in [2.75, 3.05) is 0 Å². The van der Waals surface area contributed by atoms with Crippen LogP contribution in [0.25, 0.3) is 0 Å². The minimum absolute atomic E-state index is 0. The molecule has 0 heterocycles. The Morgan fingerprint density at radius 1 is 0.765 bits per heavy atom. The number of carbonyl (C=O) groups is 1. The van der Waals surface area contributed by atoms with E-state index in [1.165, 1.54) is 57.8 Å². The molecule has 0 rings (SSSR count). The van der Waals surface area contributed by atoms with Crippen molar-refractivity contribution in [3.8, 4) is 0 Å². The van der Waals surface area contributed by atoms with Gasteiger partial charge in [0.1, 0.15) is 0 Å². The summed E-state index contributed by atoms with van der Waals surface area (Å²) in [4.78, 5) is 10.3. The molecule has 0 fully saturated rings. The molecule has 0 aromatic carbocycles. The van der Waals surface area contributed by atoms with Crippen LogP contribution in [-0.4, -0.2) is 11.1 Å². The van der Waals surface area contributed by atoms with E-state index in [1.807, 2.05) is 0 Å². The van der Waals surface area contributed by atoms with Crippen molar-refractivity contribution in [1.29, 1.82) is 0 Å². The van der Waals surface area contributed by atoms with Gasteiger partial charge in [0, 0.05) is 28.1 Å². The number of hydrogen-bond acceptors (Lipinski definition) is 1. The molecule has 0 aromatic rings. The van der Waals surface area contributed by atoms with Crippen LogP contribution in [0.3, 0.4) is 0 Å². The molecule has 0 bridgehead atoms. The van der Waals surface area contributed by atoms with Gasteiger partial charge >= 0.3 is 5.97 Å². The van der Waals surface area contributed by atoms with Gasteiger partial charge in [0.25, 0.3) is 0 Å². The van der Waals surface area contributed by atoms with Crippen molar-refractivity contribution in [3.63, 3.8) is 0 Å². The van der Waals surface area contributed by atoms with Crippen molar-refractivity contribution in [1.82, 2.24) is 0 Å². The van der Waals surface area contributed by atoms with Gasteiger partial charge in [-0.15, -0.1) is 0 Å². The summed E-state index contributed by atoms with van der Waals surface area (Å²) in [5.41, 5.74) is 0. The second-order valence-corrected chi connectivity index (χ2v) is 4.68. The van der Waals surface area contributed by atoms with Crippen LogP contribution in [0.2, 0.25) is 0 Å². The third-order valence-corrected chi connectivity index (χ3v) is 2.99. The molecule has 0 radical (unpaired) electrons. The zero-order valence-electron chi connectivity index (χ0n) is 11.3. The van der Waals surface area contributed by atoms with Gasteiger partial charge < -0.3 is 5.11 Å². The Bertz CT molecular complexity index is 160. The number of unbranched alkanes of at least 4 members (excludes halogenated alkanes) is 10. The molecule has 0 unspecified atom stereocenters. The third kappa shape index (κ3) is 18.7. The smallest absolute Gasteiger partial charge is 0.303 e. The predicted molar refractivity (Wildman–Crippen MR) is 68.7 cm³/mol. The minimum atomic E-state index is -0.657. The first kappa shape index (κ1) is 19.5.